The van der Waals surface area contributed by atoms with Crippen LogP contribution in [0.15, 0.2) is 65.7 Å². The van der Waals surface area contributed by atoms with Crippen LogP contribution in [0.3, 0.4) is 0 Å². The van der Waals surface area contributed by atoms with Crippen LogP contribution in [0.25, 0.3) is 0 Å². The molecule has 3 atom stereocenters. The molecule has 0 bridgehead atoms. The maximum absolute atomic E-state index is 13.2. The highest BCUT2D eigenvalue weighted by Gasteiger charge is 2.38. The SMILES string of the molecule is COc1ccc([C@H](NC(=O)[C@H]2CC(C)=C(C)C[C@H]2C(=O)O)c2ccccc2)cc1. The van der Waals surface area contributed by atoms with E-state index in [-0.39, 0.29) is 11.9 Å². The molecule has 0 aromatic heterocycles. The first kappa shape index (κ1) is 20.6. The molecule has 1 aliphatic carbocycles. The Bertz CT molecular complexity index is 902. The first-order chi connectivity index (χ1) is 13.9. The highest BCUT2D eigenvalue weighted by Crippen LogP contribution is 2.35. The molecule has 5 heteroatoms. The second-order valence-corrected chi connectivity index (χ2v) is 7.65. The molecule has 2 N–H and O–H groups in total. The van der Waals surface area contributed by atoms with Crippen molar-refractivity contribution in [1.29, 1.82) is 0 Å². The predicted molar refractivity (Wildman–Crippen MR) is 112 cm³/mol. The van der Waals surface area contributed by atoms with E-state index in [9.17, 15) is 14.7 Å². The molecule has 5 nitrogen and oxygen atoms in total. The van der Waals surface area contributed by atoms with E-state index >= 15 is 0 Å². The van der Waals surface area contributed by atoms with Gasteiger partial charge in [-0.25, -0.2) is 0 Å². The minimum absolute atomic E-state index is 0.228. The molecule has 0 spiro atoms. The number of hydrogen-bond donors (Lipinski definition) is 2. The lowest BCUT2D eigenvalue weighted by Crippen LogP contribution is -2.41. The van der Waals surface area contributed by atoms with Crippen LogP contribution in [0.5, 0.6) is 5.75 Å². The number of carboxylic acids is 1. The zero-order valence-corrected chi connectivity index (χ0v) is 17.0. The number of carboxylic acid groups (broad SMARTS) is 1. The van der Waals surface area contributed by atoms with Crippen molar-refractivity contribution in [3.8, 4) is 5.75 Å². The predicted octanol–water partition coefficient (Wildman–Crippen LogP) is 4.35. The fourth-order valence-electron chi connectivity index (χ4n) is 3.88. The Morgan fingerprint density at radius 2 is 1.48 bits per heavy atom. The van der Waals surface area contributed by atoms with Crippen LogP contribution in [-0.2, 0) is 9.59 Å². The van der Waals surface area contributed by atoms with Gasteiger partial charge in [0.2, 0.25) is 5.91 Å². The first-order valence-electron chi connectivity index (χ1n) is 9.78. The summed E-state index contributed by atoms with van der Waals surface area (Å²) < 4.78 is 5.24. The molecule has 152 valence electrons. The molecule has 0 fully saturated rings. The Labute approximate surface area is 171 Å². The second kappa shape index (κ2) is 8.95. The van der Waals surface area contributed by atoms with Gasteiger partial charge in [-0.3, -0.25) is 9.59 Å². The molecule has 29 heavy (non-hydrogen) atoms. The van der Waals surface area contributed by atoms with Crippen LogP contribution < -0.4 is 10.1 Å². The van der Waals surface area contributed by atoms with Crippen molar-refractivity contribution in [2.24, 2.45) is 11.8 Å². The molecule has 0 heterocycles. The minimum Gasteiger partial charge on any atom is -0.497 e. The van der Waals surface area contributed by atoms with Crippen molar-refractivity contribution in [2.45, 2.75) is 32.7 Å². The van der Waals surface area contributed by atoms with Crippen molar-refractivity contribution < 1.29 is 19.4 Å². The first-order valence-corrected chi connectivity index (χ1v) is 9.78. The summed E-state index contributed by atoms with van der Waals surface area (Å²) in [6, 6.07) is 16.9. The summed E-state index contributed by atoms with van der Waals surface area (Å²) in [5.74, 6) is -1.69. The topological polar surface area (TPSA) is 75.6 Å². The van der Waals surface area contributed by atoms with Gasteiger partial charge in [0.05, 0.1) is 25.0 Å². The Balaban J connectivity index is 1.90. The maximum atomic E-state index is 13.2. The molecule has 0 aliphatic heterocycles. The zero-order chi connectivity index (χ0) is 21.0. The number of carbonyl (C=O) groups is 2. The molecular weight excluding hydrogens is 366 g/mol. The van der Waals surface area contributed by atoms with Gasteiger partial charge < -0.3 is 15.2 Å². The average Bonchev–Trinajstić information content (AvgIpc) is 2.74. The van der Waals surface area contributed by atoms with Crippen molar-refractivity contribution in [3.05, 3.63) is 76.9 Å². The minimum atomic E-state index is -0.919. The van der Waals surface area contributed by atoms with E-state index < -0.39 is 17.8 Å². The zero-order valence-electron chi connectivity index (χ0n) is 17.0. The van der Waals surface area contributed by atoms with Gasteiger partial charge in [0.25, 0.3) is 0 Å². The number of allylic oxidation sites excluding steroid dienone is 2. The van der Waals surface area contributed by atoms with Gasteiger partial charge >= 0.3 is 5.97 Å². The maximum Gasteiger partial charge on any atom is 0.307 e. The highest BCUT2D eigenvalue weighted by atomic mass is 16.5. The van der Waals surface area contributed by atoms with E-state index in [0.29, 0.717) is 12.8 Å². The number of benzene rings is 2. The Morgan fingerprint density at radius 1 is 0.931 bits per heavy atom. The highest BCUT2D eigenvalue weighted by molar-refractivity contribution is 5.86. The Morgan fingerprint density at radius 3 is 2.03 bits per heavy atom. The second-order valence-electron chi connectivity index (χ2n) is 7.65. The standard InChI is InChI=1S/C24H27NO4/c1-15-13-20(21(24(27)28)14-16(15)2)23(26)25-22(17-7-5-4-6-8-17)18-9-11-19(29-3)12-10-18/h4-12,20-22H,13-14H2,1-3H3,(H,25,26)(H,27,28)/t20-,21+,22+/m0/s1. The molecular formula is C24H27NO4. The lowest BCUT2D eigenvalue weighted by atomic mass is 9.76. The summed E-state index contributed by atoms with van der Waals surface area (Å²) >= 11 is 0. The number of carbonyl (C=O) groups excluding carboxylic acids is 1. The summed E-state index contributed by atoms with van der Waals surface area (Å²) in [6.07, 6.45) is 0.885. The number of rotatable bonds is 6. The lowest BCUT2D eigenvalue weighted by Gasteiger charge is -2.31. The van der Waals surface area contributed by atoms with Crippen LogP contribution in [0.4, 0.5) is 0 Å². The third-order valence-corrected chi connectivity index (χ3v) is 5.79. The van der Waals surface area contributed by atoms with Gasteiger partial charge in [-0.1, -0.05) is 53.6 Å². The number of nitrogens with one attached hydrogen (secondary N) is 1. The van der Waals surface area contributed by atoms with Gasteiger partial charge in [0.1, 0.15) is 5.75 Å². The van der Waals surface area contributed by atoms with Crippen LogP contribution in [0.2, 0.25) is 0 Å². The lowest BCUT2D eigenvalue weighted by molar-refractivity contribution is -0.147. The molecule has 2 aromatic rings. The molecule has 3 rings (SSSR count). The molecule has 2 aromatic carbocycles. The molecule has 0 unspecified atom stereocenters. The van der Waals surface area contributed by atoms with E-state index in [0.717, 1.165) is 28.0 Å². The fraction of sp³-hybridized carbons (Fsp3) is 0.333. The molecule has 0 radical (unpaired) electrons. The van der Waals surface area contributed by atoms with E-state index in [1.165, 1.54) is 0 Å². The summed E-state index contributed by atoms with van der Waals surface area (Å²) in [5, 5.41) is 12.8. The van der Waals surface area contributed by atoms with E-state index in [1.807, 2.05) is 68.4 Å². The largest absolute Gasteiger partial charge is 0.497 e. The Hall–Kier alpha value is -3.08. The smallest absolute Gasteiger partial charge is 0.307 e. The van der Waals surface area contributed by atoms with Gasteiger partial charge in [0, 0.05) is 0 Å². The summed E-state index contributed by atoms with van der Waals surface area (Å²) in [7, 11) is 1.61. The fourth-order valence-corrected chi connectivity index (χ4v) is 3.88. The van der Waals surface area contributed by atoms with Crippen LogP contribution in [0, 0.1) is 11.8 Å². The van der Waals surface area contributed by atoms with Crippen LogP contribution >= 0.6 is 0 Å². The van der Waals surface area contributed by atoms with Crippen LogP contribution in [-0.4, -0.2) is 24.1 Å². The summed E-state index contributed by atoms with van der Waals surface area (Å²) in [4.78, 5) is 25.0. The van der Waals surface area contributed by atoms with E-state index in [4.69, 9.17) is 4.74 Å². The Kier molecular flexibility index (Phi) is 6.37. The third-order valence-electron chi connectivity index (χ3n) is 5.79. The van der Waals surface area contributed by atoms with Crippen LogP contribution in [0.1, 0.15) is 43.9 Å². The van der Waals surface area contributed by atoms with Gasteiger partial charge in [-0.2, -0.15) is 0 Å². The molecule has 1 amide bonds. The normalized spacial score (nSPS) is 20.1. The van der Waals surface area contributed by atoms with Crippen molar-refractivity contribution in [2.75, 3.05) is 7.11 Å². The van der Waals surface area contributed by atoms with E-state index in [1.54, 1.807) is 7.11 Å². The quantitative estimate of drug-likeness (QED) is 0.716. The van der Waals surface area contributed by atoms with E-state index in [2.05, 4.69) is 5.32 Å². The van der Waals surface area contributed by atoms with Crippen molar-refractivity contribution in [3.63, 3.8) is 0 Å². The number of methoxy groups -OCH3 is 1. The number of amides is 1. The number of ether oxygens (including phenoxy) is 1. The molecule has 1 aliphatic rings. The third kappa shape index (κ3) is 4.67. The summed E-state index contributed by atoms with van der Waals surface area (Å²) in [5.41, 5.74) is 4.02. The number of aliphatic carboxylic acids is 1. The average molecular weight is 393 g/mol. The number of hydrogen-bond acceptors (Lipinski definition) is 3. The monoisotopic (exact) mass is 393 g/mol. The van der Waals surface area contributed by atoms with Crippen molar-refractivity contribution >= 4 is 11.9 Å². The van der Waals surface area contributed by atoms with Crippen molar-refractivity contribution in [1.82, 2.24) is 5.32 Å². The van der Waals surface area contributed by atoms with Gasteiger partial charge in [0.15, 0.2) is 0 Å². The molecule has 0 saturated heterocycles. The van der Waals surface area contributed by atoms with Gasteiger partial charge in [-0.15, -0.1) is 0 Å². The van der Waals surface area contributed by atoms with Gasteiger partial charge in [-0.05, 0) is 49.9 Å². The summed E-state index contributed by atoms with van der Waals surface area (Å²) in [6.45, 7) is 3.93. The molecule has 0 saturated carbocycles.